The molecule has 6 nitrogen and oxygen atoms in total. The minimum Gasteiger partial charge on any atom is -0.348 e. The smallest absolute Gasteiger partial charge is 0.348 e. The Morgan fingerprint density at radius 2 is 1.81 bits per heavy atom. The van der Waals surface area contributed by atoms with Crippen LogP contribution in [-0.4, -0.2) is 33.8 Å². The maximum atomic E-state index is 13.4. The molecule has 0 aliphatic heterocycles. The molecule has 0 aliphatic carbocycles. The SMILES string of the molecule is C#CCN(C)c1cc(-c2ccnc(N[C@@H](C)c3ccccc3)n2)c(-c2cccc(C(F)(F)F)c2)nn1. The third-order valence-corrected chi connectivity index (χ3v) is 5.54. The van der Waals surface area contributed by atoms with Gasteiger partial charge in [0.2, 0.25) is 5.95 Å². The molecule has 0 aliphatic rings. The maximum absolute atomic E-state index is 13.4. The predicted molar refractivity (Wildman–Crippen MR) is 134 cm³/mol. The number of alkyl halides is 3. The first-order valence-corrected chi connectivity index (χ1v) is 11.1. The zero-order chi connectivity index (χ0) is 25.7. The summed E-state index contributed by atoms with van der Waals surface area (Å²) in [5, 5.41) is 11.8. The second kappa shape index (κ2) is 10.4. The number of terminal acetylenes is 1. The van der Waals surface area contributed by atoms with E-state index < -0.39 is 11.7 Å². The van der Waals surface area contributed by atoms with E-state index in [4.69, 9.17) is 6.42 Å². The third kappa shape index (κ3) is 5.61. The van der Waals surface area contributed by atoms with E-state index in [1.807, 2.05) is 37.3 Å². The number of anilines is 2. The molecule has 182 valence electrons. The number of halogens is 3. The minimum absolute atomic E-state index is 0.0720. The minimum atomic E-state index is -4.49. The fourth-order valence-corrected chi connectivity index (χ4v) is 3.63. The lowest BCUT2D eigenvalue weighted by Crippen LogP contribution is -2.19. The molecule has 0 spiro atoms. The molecule has 2 heterocycles. The number of hydrogen-bond donors (Lipinski definition) is 1. The van der Waals surface area contributed by atoms with Gasteiger partial charge in [-0.2, -0.15) is 13.2 Å². The molecule has 2 aromatic heterocycles. The zero-order valence-corrected chi connectivity index (χ0v) is 19.7. The summed E-state index contributed by atoms with van der Waals surface area (Å²) in [5.74, 6) is 3.37. The number of hydrogen-bond acceptors (Lipinski definition) is 6. The summed E-state index contributed by atoms with van der Waals surface area (Å²) in [7, 11) is 1.76. The molecule has 0 saturated heterocycles. The molecule has 36 heavy (non-hydrogen) atoms. The van der Waals surface area contributed by atoms with Crippen molar-refractivity contribution in [2.45, 2.75) is 19.1 Å². The van der Waals surface area contributed by atoms with E-state index in [1.54, 1.807) is 36.3 Å². The largest absolute Gasteiger partial charge is 0.416 e. The first-order valence-electron chi connectivity index (χ1n) is 11.1. The van der Waals surface area contributed by atoms with E-state index in [1.165, 1.54) is 6.07 Å². The van der Waals surface area contributed by atoms with Gasteiger partial charge >= 0.3 is 6.18 Å². The van der Waals surface area contributed by atoms with Gasteiger partial charge in [-0.1, -0.05) is 48.4 Å². The van der Waals surface area contributed by atoms with Crippen molar-refractivity contribution in [2.75, 3.05) is 23.8 Å². The first-order chi connectivity index (χ1) is 17.3. The van der Waals surface area contributed by atoms with Crippen molar-refractivity contribution in [3.8, 4) is 34.9 Å². The first kappa shape index (κ1) is 24.7. The van der Waals surface area contributed by atoms with Crippen LogP contribution < -0.4 is 10.2 Å². The van der Waals surface area contributed by atoms with Crippen LogP contribution in [0.15, 0.2) is 72.9 Å². The quantitative estimate of drug-likeness (QED) is 0.329. The molecule has 4 aromatic rings. The Hall–Kier alpha value is -4.45. The van der Waals surface area contributed by atoms with E-state index >= 15 is 0 Å². The highest BCUT2D eigenvalue weighted by molar-refractivity contribution is 5.81. The van der Waals surface area contributed by atoms with Gasteiger partial charge < -0.3 is 10.2 Å². The van der Waals surface area contributed by atoms with Gasteiger partial charge in [0, 0.05) is 24.4 Å². The second-order valence-corrected chi connectivity index (χ2v) is 8.15. The van der Waals surface area contributed by atoms with Crippen LogP contribution in [0, 0.1) is 12.3 Å². The Bertz CT molecular complexity index is 1380. The van der Waals surface area contributed by atoms with Crippen molar-refractivity contribution in [1.82, 2.24) is 20.2 Å². The fourth-order valence-electron chi connectivity index (χ4n) is 3.63. The summed E-state index contributed by atoms with van der Waals surface area (Å²) in [6, 6.07) is 18.1. The molecular weight excluding hydrogens is 465 g/mol. The Morgan fingerprint density at radius 1 is 1.03 bits per heavy atom. The van der Waals surface area contributed by atoms with Crippen molar-refractivity contribution in [3.05, 3.63) is 84.1 Å². The van der Waals surface area contributed by atoms with Gasteiger partial charge in [0.25, 0.3) is 0 Å². The van der Waals surface area contributed by atoms with Crippen molar-refractivity contribution in [1.29, 1.82) is 0 Å². The molecule has 0 fully saturated rings. The van der Waals surface area contributed by atoms with E-state index in [0.717, 1.165) is 17.7 Å². The Labute approximate surface area is 207 Å². The molecule has 0 amide bonds. The standard InChI is InChI=1S/C27H23F3N6/c1-4-15-36(3)24-17-22(25(35-34-24)20-11-8-12-21(16-20)27(28,29)30)23-13-14-31-26(33-23)32-18(2)19-9-6-5-7-10-19/h1,5-14,16-18H,15H2,2-3H3,(H,31,32,33)/t18-/m0/s1. The molecule has 0 unspecified atom stereocenters. The van der Waals surface area contributed by atoms with E-state index in [-0.39, 0.29) is 23.8 Å². The van der Waals surface area contributed by atoms with Gasteiger partial charge in [-0.25, -0.2) is 9.97 Å². The zero-order valence-electron chi connectivity index (χ0n) is 19.7. The van der Waals surface area contributed by atoms with Gasteiger partial charge in [0.1, 0.15) is 5.69 Å². The molecule has 9 heteroatoms. The Balaban J connectivity index is 1.78. The van der Waals surface area contributed by atoms with Gasteiger partial charge in [0.15, 0.2) is 5.82 Å². The molecule has 0 radical (unpaired) electrons. The highest BCUT2D eigenvalue weighted by Crippen LogP contribution is 2.35. The summed E-state index contributed by atoms with van der Waals surface area (Å²) in [4.78, 5) is 10.7. The summed E-state index contributed by atoms with van der Waals surface area (Å²) >= 11 is 0. The highest BCUT2D eigenvalue weighted by Gasteiger charge is 2.31. The van der Waals surface area contributed by atoms with Crippen LogP contribution in [0.25, 0.3) is 22.5 Å². The predicted octanol–water partition coefficient (Wildman–Crippen LogP) is 5.86. The average Bonchev–Trinajstić information content (AvgIpc) is 2.89. The van der Waals surface area contributed by atoms with Gasteiger partial charge in [0.05, 0.1) is 23.8 Å². The molecular formula is C27H23F3N6. The number of rotatable bonds is 7. The molecule has 1 N–H and O–H groups in total. The second-order valence-electron chi connectivity index (χ2n) is 8.15. The van der Waals surface area contributed by atoms with Gasteiger partial charge in [-0.05, 0) is 36.8 Å². The summed E-state index contributed by atoms with van der Waals surface area (Å²) in [6.07, 6.45) is 2.53. The summed E-state index contributed by atoms with van der Waals surface area (Å²) in [5.41, 5.74) is 1.79. The van der Waals surface area contributed by atoms with Gasteiger partial charge in [-0.15, -0.1) is 16.6 Å². The van der Waals surface area contributed by atoms with Crippen LogP contribution >= 0.6 is 0 Å². The highest BCUT2D eigenvalue weighted by atomic mass is 19.4. The van der Waals surface area contributed by atoms with Crippen LogP contribution in [0.3, 0.4) is 0 Å². The Morgan fingerprint density at radius 3 is 2.53 bits per heavy atom. The topological polar surface area (TPSA) is 66.8 Å². The monoisotopic (exact) mass is 488 g/mol. The number of aromatic nitrogens is 4. The molecule has 1 atom stereocenters. The summed E-state index contributed by atoms with van der Waals surface area (Å²) < 4.78 is 40.2. The van der Waals surface area contributed by atoms with Crippen molar-refractivity contribution in [3.63, 3.8) is 0 Å². The lowest BCUT2D eigenvalue weighted by atomic mass is 10.0. The lowest BCUT2D eigenvalue weighted by molar-refractivity contribution is -0.137. The lowest BCUT2D eigenvalue weighted by Gasteiger charge is -2.18. The maximum Gasteiger partial charge on any atom is 0.416 e. The molecule has 0 bridgehead atoms. The number of nitrogens with one attached hydrogen (secondary N) is 1. The number of nitrogens with zero attached hydrogens (tertiary/aromatic N) is 5. The summed E-state index contributed by atoms with van der Waals surface area (Å²) in [6.45, 7) is 2.27. The third-order valence-electron chi connectivity index (χ3n) is 5.54. The van der Waals surface area contributed by atoms with Crippen LogP contribution in [0.5, 0.6) is 0 Å². The molecule has 2 aromatic carbocycles. The Kier molecular flexibility index (Phi) is 7.15. The van der Waals surface area contributed by atoms with Crippen LogP contribution in [0.1, 0.15) is 24.1 Å². The fraction of sp³-hybridized carbons (Fsp3) is 0.185. The molecule has 0 saturated carbocycles. The van der Waals surface area contributed by atoms with E-state index in [2.05, 4.69) is 31.4 Å². The van der Waals surface area contributed by atoms with Crippen molar-refractivity contribution >= 4 is 11.8 Å². The normalized spacial score (nSPS) is 12.0. The number of benzene rings is 2. The average molecular weight is 489 g/mol. The van der Waals surface area contributed by atoms with E-state index in [0.29, 0.717) is 23.0 Å². The van der Waals surface area contributed by atoms with Crippen LogP contribution in [-0.2, 0) is 6.18 Å². The van der Waals surface area contributed by atoms with Crippen LogP contribution in [0.4, 0.5) is 24.9 Å². The van der Waals surface area contributed by atoms with Gasteiger partial charge in [-0.3, -0.25) is 0 Å². The van der Waals surface area contributed by atoms with Crippen molar-refractivity contribution < 1.29 is 13.2 Å². The van der Waals surface area contributed by atoms with Crippen LogP contribution in [0.2, 0.25) is 0 Å². The molecule has 4 rings (SSSR count). The van der Waals surface area contributed by atoms with Crippen molar-refractivity contribution in [2.24, 2.45) is 0 Å². The van der Waals surface area contributed by atoms with E-state index in [9.17, 15) is 13.2 Å².